The second kappa shape index (κ2) is 7.79. The van der Waals surface area contributed by atoms with Crippen molar-refractivity contribution in [2.45, 2.75) is 25.3 Å². The number of hydrogen-bond acceptors (Lipinski definition) is 5. The number of non-ortho nitro benzene ring substituents is 1. The van der Waals surface area contributed by atoms with Crippen molar-refractivity contribution in [2.75, 3.05) is 24.5 Å². The van der Waals surface area contributed by atoms with Crippen molar-refractivity contribution < 1.29 is 19.6 Å². The molecule has 2 aliphatic rings. The highest BCUT2D eigenvalue weighted by molar-refractivity contribution is 5.99. The molecule has 2 saturated heterocycles. The van der Waals surface area contributed by atoms with Gasteiger partial charge >= 0.3 is 5.97 Å². The quantitative estimate of drug-likeness (QED) is 0.642. The fourth-order valence-corrected chi connectivity index (χ4v) is 3.53. The van der Waals surface area contributed by atoms with E-state index in [1.807, 2.05) is 4.90 Å². The molecule has 3 rings (SSSR count). The highest BCUT2D eigenvalue weighted by Crippen LogP contribution is 2.29. The summed E-state index contributed by atoms with van der Waals surface area (Å²) in [6.07, 6.45) is 2.01. The van der Waals surface area contributed by atoms with Crippen LogP contribution in [0.5, 0.6) is 0 Å². The van der Waals surface area contributed by atoms with Gasteiger partial charge in [-0.2, -0.15) is 0 Å². The number of nitro benzene ring substituents is 1. The number of carbonyl (C=O) groups is 2. The third-order valence-corrected chi connectivity index (χ3v) is 4.77. The average Bonchev–Trinajstić information content (AvgIpc) is 2.96. The van der Waals surface area contributed by atoms with Crippen molar-refractivity contribution in [3.8, 4) is 0 Å². The minimum atomic E-state index is -0.819. The second-order valence-corrected chi connectivity index (χ2v) is 6.24. The highest BCUT2D eigenvalue weighted by atomic mass is 35.5. The predicted octanol–water partition coefficient (Wildman–Crippen LogP) is 1.92. The molecule has 2 atom stereocenters. The first-order valence-corrected chi connectivity index (χ1v) is 8.00. The van der Waals surface area contributed by atoms with Crippen LogP contribution in [0.25, 0.3) is 0 Å². The number of aliphatic carboxylic acids is 1. The van der Waals surface area contributed by atoms with Crippen LogP contribution in [0.2, 0.25) is 0 Å². The van der Waals surface area contributed by atoms with Crippen LogP contribution < -0.4 is 4.90 Å². The summed E-state index contributed by atoms with van der Waals surface area (Å²) >= 11 is 0. The summed E-state index contributed by atoms with van der Waals surface area (Å²) in [6.45, 7) is 1.58. The third kappa shape index (κ3) is 3.91. The first-order valence-electron chi connectivity index (χ1n) is 8.00. The average molecular weight is 370 g/mol. The van der Waals surface area contributed by atoms with Crippen molar-refractivity contribution in [3.05, 3.63) is 34.4 Å². The number of rotatable bonds is 4. The minimum absolute atomic E-state index is 0. The van der Waals surface area contributed by atoms with Crippen LogP contribution in [-0.4, -0.2) is 52.5 Å². The number of halogens is 1. The van der Waals surface area contributed by atoms with Crippen molar-refractivity contribution in [1.82, 2.24) is 4.90 Å². The molecular formula is C16H20ClN3O5. The smallest absolute Gasteiger partial charge is 0.307 e. The number of likely N-dealkylation sites (tertiary alicyclic amines) is 1. The van der Waals surface area contributed by atoms with Crippen LogP contribution in [0.15, 0.2) is 24.3 Å². The summed E-state index contributed by atoms with van der Waals surface area (Å²) in [4.78, 5) is 37.8. The lowest BCUT2D eigenvalue weighted by molar-refractivity contribution is -0.384. The summed E-state index contributed by atoms with van der Waals surface area (Å²) in [7, 11) is 0. The molecule has 2 fully saturated rings. The van der Waals surface area contributed by atoms with E-state index in [-0.39, 0.29) is 30.0 Å². The molecule has 136 valence electrons. The third-order valence-electron chi connectivity index (χ3n) is 4.77. The maximum atomic E-state index is 12.7. The van der Waals surface area contributed by atoms with Gasteiger partial charge in [0.2, 0.25) is 5.91 Å². The van der Waals surface area contributed by atoms with Crippen molar-refractivity contribution >= 4 is 35.7 Å². The molecule has 1 aromatic carbocycles. The van der Waals surface area contributed by atoms with Gasteiger partial charge in [-0.25, -0.2) is 0 Å². The molecule has 8 nitrogen and oxygen atoms in total. The Balaban J connectivity index is 0.00000225. The summed E-state index contributed by atoms with van der Waals surface area (Å²) in [5, 5.41) is 20.1. The number of carboxylic acid groups (broad SMARTS) is 1. The van der Waals surface area contributed by atoms with Crippen LogP contribution in [-0.2, 0) is 9.59 Å². The van der Waals surface area contributed by atoms with Gasteiger partial charge in [0.1, 0.15) is 0 Å². The van der Waals surface area contributed by atoms with E-state index < -0.39 is 16.8 Å². The number of piperidine rings is 1. The van der Waals surface area contributed by atoms with E-state index in [2.05, 4.69) is 0 Å². The van der Waals surface area contributed by atoms with Crippen LogP contribution in [0.1, 0.15) is 19.3 Å². The molecule has 0 radical (unpaired) electrons. The Morgan fingerprint density at radius 2 is 2.04 bits per heavy atom. The molecule has 1 amide bonds. The molecule has 1 aromatic rings. The lowest BCUT2D eigenvalue weighted by atomic mass is 9.96. The van der Waals surface area contributed by atoms with E-state index in [1.54, 1.807) is 17.0 Å². The van der Waals surface area contributed by atoms with Crippen LogP contribution in [0.3, 0.4) is 0 Å². The molecule has 0 spiro atoms. The number of anilines is 1. The summed E-state index contributed by atoms with van der Waals surface area (Å²) in [5.41, 5.74) is 0.469. The predicted molar refractivity (Wildman–Crippen MR) is 93.0 cm³/mol. The van der Waals surface area contributed by atoms with E-state index in [4.69, 9.17) is 0 Å². The Kier molecular flexibility index (Phi) is 5.97. The molecule has 9 heteroatoms. The van der Waals surface area contributed by atoms with Gasteiger partial charge < -0.3 is 10.0 Å². The van der Waals surface area contributed by atoms with E-state index >= 15 is 0 Å². The Labute approximate surface area is 151 Å². The van der Waals surface area contributed by atoms with E-state index in [0.29, 0.717) is 38.2 Å². The number of benzene rings is 1. The fourth-order valence-electron chi connectivity index (χ4n) is 3.53. The molecule has 0 aromatic heterocycles. The Hall–Kier alpha value is -2.19. The maximum Gasteiger partial charge on any atom is 0.307 e. The van der Waals surface area contributed by atoms with Gasteiger partial charge in [0, 0.05) is 25.2 Å². The van der Waals surface area contributed by atoms with Gasteiger partial charge in [-0.3, -0.25) is 24.6 Å². The minimum Gasteiger partial charge on any atom is -0.481 e. The van der Waals surface area contributed by atoms with E-state index in [9.17, 15) is 24.8 Å². The van der Waals surface area contributed by atoms with Crippen molar-refractivity contribution in [2.24, 2.45) is 5.92 Å². The van der Waals surface area contributed by atoms with Gasteiger partial charge in [0.05, 0.1) is 22.6 Å². The molecular weight excluding hydrogens is 350 g/mol. The van der Waals surface area contributed by atoms with Crippen LogP contribution >= 0.6 is 12.4 Å². The Morgan fingerprint density at radius 3 is 2.72 bits per heavy atom. The van der Waals surface area contributed by atoms with Gasteiger partial charge in [-0.1, -0.05) is 6.07 Å². The molecule has 0 aliphatic carbocycles. The van der Waals surface area contributed by atoms with Gasteiger partial charge in [0.15, 0.2) is 0 Å². The summed E-state index contributed by atoms with van der Waals surface area (Å²) in [6, 6.07) is 5.70. The zero-order chi connectivity index (χ0) is 17.3. The number of nitro groups is 1. The van der Waals surface area contributed by atoms with Crippen LogP contribution in [0, 0.1) is 16.0 Å². The van der Waals surface area contributed by atoms with Crippen LogP contribution in [0.4, 0.5) is 11.4 Å². The lowest BCUT2D eigenvalue weighted by Crippen LogP contribution is -2.48. The van der Waals surface area contributed by atoms with E-state index in [1.165, 1.54) is 12.1 Å². The normalized spacial score (nSPS) is 24.0. The molecule has 2 heterocycles. The Bertz CT molecular complexity index is 683. The first-order chi connectivity index (χ1) is 11.5. The zero-order valence-electron chi connectivity index (χ0n) is 13.5. The van der Waals surface area contributed by atoms with Gasteiger partial charge in [0.25, 0.3) is 5.69 Å². The first kappa shape index (κ1) is 19.1. The van der Waals surface area contributed by atoms with Crippen molar-refractivity contribution in [1.29, 1.82) is 0 Å². The second-order valence-electron chi connectivity index (χ2n) is 6.24. The highest BCUT2D eigenvalue weighted by Gasteiger charge is 2.39. The molecule has 2 aliphatic heterocycles. The monoisotopic (exact) mass is 369 g/mol. The molecule has 0 bridgehead atoms. The Morgan fingerprint density at radius 1 is 1.28 bits per heavy atom. The molecule has 1 N–H and O–H groups in total. The lowest BCUT2D eigenvalue weighted by Gasteiger charge is -2.34. The SMILES string of the molecule is Cl.O=C(O)C1CCCN(C2CCN(c3cccc([N+](=O)[O-])c3)C2=O)C1. The van der Waals surface area contributed by atoms with Gasteiger partial charge in [-0.05, 0) is 31.9 Å². The number of hydrogen-bond donors (Lipinski definition) is 1. The zero-order valence-corrected chi connectivity index (χ0v) is 14.4. The number of carbonyl (C=O) groups excluding carboxylic acids is 1. The molecule has 0 saturated carbocycles. The standard InChI is InChI=1S/C16H19N3O5.ClH/c20-15-14(17-7-2-3-11(10-17)16(21)22)6-8-18(15)12-4-1-5-13(9-12)19(23)24;/h1,4-5,9,11,14H,2-3,6-8,10H2,(H,21,22);1H. The topological polar surface area (TPSA) is 104 Å². The van der Waals surface area contributed by atoms with E-state index in [0.717, 1.165) is 6.42 Å². The van der Waals surface area contributed by atoms with Gasteiger partial charge in [-0.15, -0.1) is 12.4 Å². The summed E-state index contributed by atoms with van der Waals surface area (Å²) < 4.78 is 0. The van der Waals surface area contributed by atoms with Crippen molar-refractivity contribution in [3.63, 3.8) is 0 Å². The fraction of sp³-hybridized carbons (Fsp3) is 0.500. The number of nitrogens with zero attached hydrogens (tertiary/aromatic N) is 3. The number of amides is 1. The maximum absolute atomic E-state index is 12.7. The number of carboxylic acids is 1. The molecule has 2 unspecified atom stereocenters. The largest absolute Gasteiger partial charge is 0.481 e. The molecule has 25 heavy (non-hydrogen) atoms. The summed E-state index contributed by atoms with van der Waals surface area (Å²) in [5.74, 6) is -1.36.